The fourth-order valence-corrected chi connectivity index (χ4v) is 5.52. The fourth-order valence-electron chi connectivity index (χ4n) is 3.39. The van der Waals surface area contributed by atoms with E-state index in [2.05, 4.69) is 42.2 Å². The Morgan fingerprint density at radius 3 is 2.79 bits per heavy atom. The summed E-state index contributed by atoms with van der Waals surface area (Å²) < 4.78 is 30.9. The summed E-state index contributed by atoms with van der Waals surface area (Å²) in [6, 6.07) is 1.11. The minimum absolute atomic E-state index is 0.0415. The molecular weight excluding hydrogens is 585 g/mol. The first-order valence-corrected chi connectivity index (χ1v) is 17.3. The Morgan fingerprint density at radius 2 is 2.15 bits per heavy atom. The smallest absolute Gasteiger partial charge is 0.333 e. The van der Waals surface area contributed by atoms with Gasteiger partial charge in [0.15, 0.2) is 5.79 Å². The molecule has 1 aromatic rings. The van der Waals surface area contributed by atoms with Crippen LogP contribution < -0.4 is 0 Å². The van der Waals surface area contributed by atoms with E-state index in [9.17, 15) is 4.79 Å². The highest BCUT2D eigenvalue weighted by atomic mass is 127. The normalized spacial score (nSPS) is 22.2. The molecule has 34 heavy (non-hydrogen) atoms. The third-order valence-corrected chi connectivity index (χ3v) is 8.45. The molecule has 2 heterocycles. The second-order valence-electron chi connectivity index (χ2n) is 10.00. The van der Waals surface area contributed by atoms with Crippen LogP contribution in [-0.4, -0.2) is 64.1 Å². The van der Waals surface area contributed by atoms with E-state index in [0.29, 0.717) is 18.6 Å². The Kier molecular flexibility index (Phi) is 11.8. The topological polar surface area (TPSA) is 76.1 Å². The van der Waals surface area contributed by atoms with Crippen molar-refractivity contribution in [2.45, 2.75) is 76.8 Å². The Labute approximate surface area is 222 Å². The van der Waals surface area contributed by atoms with Gasteiger partial charge in [0.05, 0.1) is 37.5 Å². The number of methoxy groups -OCH3 is 1. The molecular formula is C24H38INO6SSi. The van der Waals surface area contributed by atoms with Crippen LogP contribution in [-0.2, 0) is 28.5 Å². The zero-order chi connectivity index (χ0) is 25.4. The van der Waals surface area contributed by atoms with E-state index in [1.54, 1.807) is 13.0 Å². The van der Waals surface area contributed by atoms with Gasteiger partial charge < -0.3 is 23.7 Å². The van der Waals surface area contributed by atoms with Crippen LogP contribution >= 0.6 is 33.9 Å². The molecule has 1 aliphatic heterocycles. The molecule has 0 spiro atoms. The minimum atomic E-state index is -1.13. The van der Waals surface area contributed by atoms with Crippen LogP contribution in [0.25, 0.3) is 6.08 Å². The van der Waals surface area contributed by atoms with Gasteiger partial charge in [-0.3, -0.25) is 0 Å². The molecule has 1 aromatic heterocycles. The van der Waals surface area contributed by atoms with Crippen molar-refractivity contribution >= 4 is 54.0 Å². The maximum atomic E-state index is 11.7. The van der Waals surface area contributed by atoms with Gasteiger partial charge in [-0.05, 0) is 43.1 Å². The van der Waals surface area contributed by atoms with Crippen LogP contribution in [0, 0.1) is 0 Å². The molecule has 10 heteroatoms. The molecule has 0 aromatic carbocycles. The van der Waals surface area contributed by atoms with Gasteiger partial charge in [0.2, 0.25) is 0 Å². The van der Waals surface area contributed by atoms with Gasteiger partial charge in [0, 0.05) is 32.1 Å². The highest BCUT2D eigenvalue weighted by molar-refractivity contribution is 14.1. The summed E-state index contributed by atoms with van der Waals surface area (Å²) in [5.41, 5.74) is 1.23. The first-order chi connectivity index (χ1) is 15.9. The first kappa shape index (κ1) is 29.6. The lowest BCUT2D eigenvalue weighted by atomic mass is 9.96. The monoisotopic (exact) mass is 623 g/mol. The number of esters is 1. The van der Waals surface area contributed by atoms with Gasteiger partial charge in [-0.1, -0.05) is 42.2 Å². The summed E-state index contributed by atoms with van der Waals surface area (Å²) in [6.45, 7) is 14.0. The molecule has 0 unspecified atom stereocenters. The number of rotatable bonds is 12. The zero-order valence-corrected chi connectivity index (χ0v) is 25.2. The Bertz CT molecular complexity index is 851. The van der Waals surface area contributed by atoms with E-state index in [4.69, 9.17) is 28.7 Å². The molecule has 1 fully saturated rings. The summed E-state index contributed by atoms with van der Waals surface area (Å²) in [5, 5.41) is 2.84. The summed E-state index contributed by atoms with van der Waals surface area (Å²) in [5.74, 6) is -1.09. The van der Waals surface area contributed by atoms with Crippen LogP contribution in [0.1, 0.15) is 43.8 Å². The highest BCUT2D eigenvalue weighted by Gasteiger charge is 2.39. The first-order valence-electron chi connectivity index (χ1n) is 11.4. The summed E-state index contributed by atoms with van der Waals surface area (Å²) >= 11 is 3.75. The minimum Gasteiger partial charge on any atom is -0.466 e. The molecule has 7 nitrogen and oxygen atoms in total. The highest BCUT2D eigenvalue weighted by Crippen LogP contribution is 2.37. The number of hydrogen-bond donors (Lipinski definition) is 0. The van der Waals surface area contributed by atoms with Crippen molar-refractivity contribution in [2.24, 2.45) is 0 Å². The average molecular weight is 624 g/mol. The van der Waals surface area contributed by atoms with Crippen LogP contribution in [0.4, 0.5) is 0 Å². The molecule has 0 N–H and O–H groups in total. The molecule has 0 radical (unpaired) electrons. The van der Waals surface area contributed by atoms with Crippen molar-refractivity contribution in [1.29, 1.82) is 0 Å². The number of thiazole rings is 1. The average Bonchev–Trinajstić information content (AvgIpc) is 3.19. The lowest BCUT2D eigenvalue weighted by Crippen LogP contribution is -2.45. The molecule has 2 rings (SSSR count). The second-order valence-corrected chi connectivity index (χ2v) is 17.2. The maximum absolute atomic E-state index is 11.7. The lowest BCUT2D eigenvalue weighted by molar-refractivity contribution is -0.285. The van der Waals surface area contributed by atoms with Gasteiger partial charge in [-0.25, -0.2) is 9.78 Å². The Morgan fingerprint density at radius 1 is 1.41 bits per heavy atom. The molecule has 0 saturated carbocycles. The number of carbonyl (C=O) groups excluding carboxylic acids is 1. The molecule has 0 aliphatic carbocycles. The quantitative estimate of drug-likeness (QED) is 0.0707. The van der Waals surface area contributed by atoms with E-state index in [1.165, 1.54) is 18.4 Å². The van der Waals surface area contributed by atoms with Gasteiger partial charge in [-0.2, -0.15) is 0 Å². The third kappa shape index (κ3) is 10.2. The summed E-state index contributed by atoms with van der Waals surface area (Å²) in [4.78, 5) is 16.5. The van der Waals surface area contributed by atoms with Crippen LogP contribution in [0.5, 0.6) is 0 Å². The lowest BCUT2D eigenvalue weighted by Gasteiger charge is -2.41. The standard InChI is InChI=1S/C24H38INO6SSi/c1-17(23(27)28-4)12-18-15-33-22(26-18)20-14-31-24(2,3)32-21(20)13-19(8-9-25)30-16-29-10-11-34(5,6)7/h8-9,12,15,19-21H,10-11,13-14,16H2,1-7H3/b9-8+,17-12+/t19-,20-,21+/m1/s1. The van der Waals surface area contributed by atoms with Crippen LogP contribution in [0.15, 0.2) is 21.1 Å². The number of halogens is 1. The predicted octanol–water partition coefficient (Wildman–Crippen LogP) is 5.99. The van der Waals surface area contributed by atoms with E-state index >= 15 is 0 Å². The van der Waals surface area contributed by atoms with E-state index in [1.807, 2.05) is 29.4 Å². The van der Waals surface area contributed by atoms with Gasteiger partial charge in [0.1, 0.15) is 11.8 Å². The molecule has 3 atom stereocenters. The van der Waals surface area contributed by atoms with Crippen molar-refractivity contribution in [1.82, 2.24) is 4.98 Å². The number of carbonyl (C=O) groups is 1. The zero-order valence-electron chi connectivity index (χ0n) is 21.3. The third-order valence-electron chi connectivity index (χ3n) is 5.34. The summed E-state index contributed by atoms with van der Waals surface area (Å²) in [6.07, 6.45) is 4.12. The molecule has 1 aliphatic rings. The molecule has 192 valence electrons. The Balaban J connectivity index is 2.09. The number of aromatic nitrogens is 1. The van der Waals surface area contributed by atoms with Crippen molar-refractivity contribution in [2.75, 3.05) is 27.1 Å². The van der Waals surface area contributed by atoms with E-state index in [0.717, 1.165) is 23.4 Å². The molecule has 1 saturated heterocycles. The van der Waals surface area contributed by atoms with E-state index < -0.39 is 13.9 Å². The number of ether oxygens (including phenoxy) is 5. The van der Waals surface area contributed by atoms with Crippen LogP contribution in [0.3, 0.4) is 0 Å². The molecule has 0 amide bonds. The Hall–Kier alpha value is -0.633. The van der Waals surface area contributed by atoms with Gasteiger partial charge in [-0.15, -0.1) is 11.3 Å². The maximum Gasteiger partial charge on any atom is 0.333 e. The van der Waals surface area contributed by atoms with Crippen molar-refractivity contribution in [3.8, 4) is 0 Å². The second kappa shape index (κ2) is 13.6. The molecule has 0 bridgehead atoms. The van der Waals surface area contributed by atoms with Crippen LogP contribution in [0.2, 0.25) is 25.7 Å². The number of hydrogen-bond acceptors (Lipinski definition) is 8. The number of nitrogens with zero attached hydrogens (tertiary/aromatic N) is 1. The predicted molar refractivity (Wildman–Crippen MR) is 147 cm³/mol. The summed E-state index contributed by atoms with van der Waals surface area (Å²) in [7, 11) is 0.241. The van der Waals surface area contributed by atoms with Gasteiger partial charge in [0.25, 0.3) is 0 Å². The van der Waals surface area contributed by atoms with E-state index in [-0.39, 0.29) is 30.9 Å². The van der Waals surface area contributed by atoms with Crippen molar-refractivity contribution < 1.29 is 28.5 Å². The largest absolute Gasteiger partial charge is 0.466 e. The fraction of sp³-hybridized carbons (Fsp3) is 0.667. The van der Waals surface area contributed by atoms with Crippen molar-refractivity contribution in [3.05, 3.63) is 31.8 Å². The van der Waals surface area contributed by atoms with Gasteiger partial charge >= 0.3 is 5.97 Å². The van der Waals surface area contributed by atoms with Crippen molar-refractivity contribution in [3.63, 3.8) is 0 Å². The SMILES string of the molecule is COC(=O)/C(C)=C/c1csc([C@@H]2COC(C)(C)O[C@H]2C[C@@H](/C=C/I)OCOCC[Si](C)(C)C)n1.